The highest BCUT2D eigenvalue weighted by Gasteiger charge is 2.33. The second kappa shape index (κ2) is 13.7. The largest absolute Gasteiger partial charge is 0.352 e. The molecular formula is C29H32Cl3N3O4S. The van der Waals surface area contributed by atoms with Gasteiger partial charge in [-0.3, -0.25) is 13.9 Å². The van der Waals surface area contributed by atoms with Crippen LogP contribution in [0.25, 0.3) is 0 Å². The number of rotatable bonds is 11. The van der Waals surface area contributed by atoms with Gasteiger partial charge in [0.2, 0.25) is 11.8 Å². The van der Waals surface area contributed by atoms with Crippen molar-refractivity contribution in [3.05, 3.63) is 92.9 Å². The second-order valence-electron chi connectivity index (χ2n) is 9.51. The molecule has 0 aromatic heterocycles. The van der Waals surface area contributed by atoms with Crippen LogP contribution in [0.1, 0.15) is 38.3 Å². The van der Waals surface area contributed by atoms with Gasteiger partial charge in [0.05, 0.1) is 10.6 Å². The molecule has 0 fully saturated rings. The van der Waals surface area contributed by atoms with Crippen LogP contribution >= 0.6 is 34.8 Å². The lowest BCUT2D eigenvalue weighted by molar-refractivity contribution is -0.139. The van der Waals surface area contributed by atoms with Crippen LogP contribution in [-0.4, -0.2) is 43.8 Å². The van der Waals surface area contributed by atoms with E-state index in [-0.39, 0.29) is 29.1 Å². The molecule has 1 N–H and O–H groups in total. The van der Waals surface area contributed by atoms with Crippen LogP contribution in [0.15, 0.2) is 71.6 Å². The maximum atomic E-state index is 14.0. The van der Waals surface area contributed by atoms with Crippen molar-refractivity contribution in [2.24, 2.45) is 0 Å². The van der Waals surface area contributed by atoms with E-state index < -0.39 is 28.5 Å². The third-order valence-corrected chi connectivity index (χ3v) is 9.36. The molecule has 0 heterocycles. The van der Waals surface area contributed by atoms with Crippen molar-refractivity contribution in [3.63, 3.8) is 0 Å². The van der Waals surface area contributed by atoms with Crippen molar-refractivity contribution in [2.75, 3.05) is 10.8 Å². The summed E-state index contributed by atoms with van der Waals surface area (Å²) < 4.78 is 28.6. The average molecular weight is 625 g/mol. The third kappa shape index (κ3) is 7.69. The zero-order valence-electron chi connectivity index (χ0n) is 22.7. The Labute approximate surface area is 251 Å². The maximum Gasteiger partial charge on any atom is 0.264 e. The number of hydrogen-bond acceptors (Lipinski definition) is 4. The highest BCUT2D eigenvalue weighted by Crippen LogP contribution is 2.29. The molecule has 0 saturated carbocycles. The molecule has 3 aromatic carbocycles. The molecule has 7 nitrogen and oxygen atoms in total. The minimum atomic E-state index is -4.18. The standard InChI is InChI=1S/C29H32Cl3N3O4S/c1-5-20(3)33-29(37)21(4)34(17-22-12-13-23(30)15-27(22)32)28(36)18-35(24-14-11-19(2)26(31)16-24)40(38,39)25-9-7-6-8-10-25/h6-16,20-21H,5,17-18H2,1-4H3,(H,33,37)/t20-,21+/m0/s1. The molecular weight excluding hydrogens is 593 g/mol. The van der Waals surface area contributed by atoms with E-state index in [1.807, 2.05) is 13.8 Å². The van der Waals surface area contributed by atoms with Gasteiger partial charge in [-0.25, -0.2) is 8.42 Å². The third-order valence-electron chi connectivity index (χ3n) is 6.58. The van der Waals surface area contributed by atoms with Crippen molar-refractivity contribution in [2.45, 2.75) is 57.6 Å². The van der Waals surface area contributed by atoms with E-state index in [0.29, 0.717) is 27.1 Å². The Hall–Kier alpha value is -2.78. The van der Waals surface area contributed by atoms with Gasteiger partial charge < -0.3 is 10.2 Å². The van der Waals surface area contributed by atoms with Crippen LogP contribution in [0.2, 0.25) is 15.1 Å². The lowest BCUT2D eigenvalue weighted by Crippen LogP contribution is -2.52. The van der Waals surface area contributed by atoms with Crippen LogP contribution in [0, 0.1) is 6.92 Å². The van der Waals surface area contributed by atoms with Gasteiger partial charge in [-0.1, -0.05) is 72.1 Å². The Bertz CT molecular complexity index is 1470. The Kier molecular flexibility index (Phi) is 10.9. The number of hydrogen-bond donors (Lipinski definition) is 1. The average Bonchev–Trinajstić information content (AvgIpc) is 2.92. The van der Waals surface area contributed by atoms with Crippen molar-refractivity contribution in [1.82, 2.24) is 10.2 Å². The first-order valence-corrected chi connectivity index (χ1v) is 15.3. The number of halogens is 3. The topological polar surface area (TPSA) is 86.8 Å². The van der Waals surface area contributed by atoms with E-state index in [2.05, 4.69) is 5.32 Å². The summed E-state index contributed by atoms with van der Waals surface area (Å²) in [6.07, 6.45) is 0.701. The summed E-state index contributed by atoms with van der Waals surface area (Å²) in [4.78, 5) is 28.4. The Morgan fingerprint density at radius 1 is 0.925 bits per heavy atom. The molecule has 0 saturated heterocycles. The van der Waals surface area contributed by atoms with Crippen LogP contribution in [0.5, 0.6) is 0 Å². The number of anilines is 1. The number of nitrogens with zero attached hydrogens (tertiary/aromatic N) is 2. The normalized spacial score (nSPS) is 12.9. The molecule has 0 aliphatic heterocycles. The predicted octanol–water partition coefficient (Wildman–Crippen LogP) is 6.48. The minimum absolute atomic E-state index is 0.00866. The first-order chi connectivity index (χ1) is 18.8. The molecule has 11 heteroatoms. The van der Waals surface area contributed by atoms with Gasteiger partial charge in [0, 0.05) is 27.7 Å². The first-order valence-electron chi connectivity index (χ1n) is 12.7. The van der Waals surface area contributed by atoms with Gasteiger partial charge in [-0.15, -0.1) is 0 Å². The van der Waals surface area contributed by atoms with Gasteiger partial charge in [0.15, 0.2) is 0 Å². The molecule has 214 valence electrons. The predicted molar refractivity (Wildman–Crippen MR) is 162 cm³/mol. The highest BCUT2D eigenvalue weighted by atomic mass is 35.5. The smallest absolute Gasteiger partial charge is 0.264 e. The molecule has 3 aromatic rings. The summed E-state index contributed by atoms with van der Waals surface area (Å²) in [5, 5.41) is 3.98. The Morgan fingerprint density at radius 3 is 2.20 bits per heavy atom. The minimum Gasteiger partial charge on any atom is -0.352 e. The number of nitrogens with one attached hydrogen (secondary N) is 1. The molecule has 2 amide bonds. The lowest BCUT2D eigenvalue weighted by atomic mass is 10.1. The number of carbonyl (C=O) groups is 2. The molecule has 3 rings (SSSR count). The van der Waals surface area contributed by atoms with Gasteiger partial charge in [-0.05, 0) is 74.7 Å². The van der Waals surface area contributed by atoms with Crippen LogP contribution in [0.4, 0.5) is 5.69 Å². The molecule has 40 heavy (non-hydrogen) atoms. The number of benzene rings is 3. The summed E-state index contributed by atoms with van der Waals surface area (Å²) in [7, 11) is -4.18. The van der Waals surface area contributed by atoms with E-state index in [9.17, 15) is 18.0 Å². The van der Waals surface area contributed by atoms with E-state index in [1.165, 1.54) is 23.1 Å². The molecule has 0 bridgehead atoms. The van der Waals surface area contributed by atoms with E-state index in [4.69, 9.17) is 34.8 Å². The van der Waals surface area contributed by atoms with Crippen LogP contribution in [0.3, 0.4) is 0 Å². The molecule has 0 aliphatic rings. The Morgan fingerprint density at radius 2 is 1.60 bits per heavy atom. The van der Waals surface area contributed by atoms with Gasteiger partial charge >= 0.3 is 0 Å². The quantitative estimate of drug-likeness (QED) is 0.265. The highest BCUT2D eigenvalue weighted by molar-refractivity contribution is 7.92. The van der Waals surface area contributed by atoms with Crippen LogP contribution in [-0.2, 0) is 26.2 Å². The molecule has 0 unspecified atom stereocenters. The fraction of sp³-hybridized carbons (Fsp3) is 0.310. The fourth-order valence-electron chi connectivity index (χ4n) is 3.87. The van der Waals surface area contributed by atoms with Gasteiger partial charge in [0.25, 0.3) is 10.0 Å². The monoisotopic (exact) mass is 623 g/mol. The van der Waals surface area contributed by atoms with Crippen molar-refractivity contribution < 1.29 is 18.0 Å². The molecule has 0 spiro atoms. The number of carbonyl (C=O) groups excluding carboxylic acids is 2. The van der Waals surface area contributed by atoms with E-state index in [0.717, 1.165) is 9.87 Å². The maximum absolute atomic E-state index is 14.0. The summed E-state index contributed by atoms with van der Waals surface area (Å²) in [6.45, 7) is 6.56. The van der Waals surface area contributed by atoms with Gasteiger partial charge in [0.1, 0.15) is 12.6 Å². The van der Waals surface area contributed by atoms with Gasteiger partial charge in [-0.2, -0.15) is 0 Å². The van der Waals surface area contributed by atoms with Crippen molar-refractivity contribution in [3.8, 4) is 0 Å². The summed E-state index contributed by atoms with van der Waals surface area (Å²) >= 11 is 18.8. The lowest BCUT2D eigenvalue weighted by Gasteiger charge is -2.32. The second-order valence-corrected chi connectivity index (χ2v) is 12.6. The number of aryl methyl sites for hydroxylation is 1. The van der Waals surface area contributed by atoms with E-state index in [1.54, 1.807) is 62.4 Å². The molecule has 0 radical (unpaired) electrons. The van der Waals surface area contributed by atoms with Crippen molar-refractivity contribution in [1.29, 1.82) is 0 Å². The number of sulfonamides is 1. The summed E-state index contributed by atoms with van der Waals surface area (Å²) in [5.41, 5.74) is 1.52. The van der Waals surface area contributed by atoms with Crippen molar-refractivity contribution >= 4 is 62.3 Å². The van der Waals surface area contributed by atoms with E-state index >= 15 is 0 Å². The zero-order chi connectivity index (χ0) is 29.6. The first kappa shape index (κ1) is 31.7. The summed E-state index contributed by atoms with van der Waals surface area (Å²) in [6, 6.07) is 16.4. The number of amides is 2. The molecule has 0 aliphatic carbocycles. The molecule has 2 atom stereocenters. The summed E-state index contributed by atoms with van der Waals surface area (Å²) in [5.74, 6) is -0.974. The fourth-order valence-corrected chi connectivity index (χ4v) is 5.94. The zero-order valence-corrected chi connectivity index (χ0v) is 25.8. The Balaban J connectivity index is 2.06. The van der Waals surface area contributed by atoms with Crippen LogP contribution < -0.4 is 9.62 Å². The SMILES string of the molecule is CC[C@H](C)NC(=O)[C@@H](C)N(Cc1ccc(Cl)cc1Cl)C(=O)CN(c1ccc(C)c(Cl)c1)S(=O)(=O)c1ccccc1.